The molecule has 1 saturated heterocycles. The minimum atomic E-state index is 0.151. The van der Waals surface area contributed by atoms with Gasteiger partial charge >= 0.3 is 0 Å². The molecule has 0 radical (unpaired) electrons. The van der Waals surface area contributed by atoms with Crippen molar-refractivity contribution in [3.63, 3.8) is 0 Å². The topological polar surface area (TPSA) is 35.2 Å². The Balaban J connectivity index is 2.14. The Hall–Kier alpha value is -0.570. The maximum absolute atomic E-state index is 6.03. The summed E-state index contributed by atoms with van der Waals surface area (Å²) in [5.41, 5.74) is 7.25. The third-order valence-electron chi connectivity index (χ3n) is 3.27. The van der Waals surface area contributed by atoms with Gasteiger partial charge in [0, 0.05) is 16.5 Å². The molecule has 0 aromatic heterocycles. The highest BCUT2D eigenvalue weighted by Gasteiger charge is 2.39. The van der Waals surface area contributed by atoms with Gasteiger partial charge in [0.25, 0.3) is 0 Å². The fraction of sp³-hybridized carbons (Fsp3) is 0.538. The number of hydrogen-bond donors (Lipinski definition) is 1. The lowest BCUT2D eigenvalue weighted by Gasteiger charge is -2.42. The molecule has 0 bridgehead atoms. The molecule has 1 fully saturated rings. The normalized spacial score (nSPS) is 20.2. The summed E-state index contributed by atoms with van der Waals surface area (Å²) in [5, 5.41) is 0.796. The van der Waals surface area contributed by atoms with Crippen molar-refractivity contribution < 1.29 is 4.74 Å². The number of ether oxygens (including phenoxy) is 1. The Bertz CT molecular complexity index is 361. The summed E-state index contributed by atoms with van der Waals surface area (Å²) in [4.78, 5) is 0. The summed E-state index contributed by atoms with van der Waals surface area (Å²) >= 11 is 6.03. The van der Waals surface area contributed by atoms with E-state index in [9.17, 15) is 0 Å². The van der Waals surface area contributed by atoms with Crippen LogP contribution in [-0.2, 0) is 10.2 Å². The number of hydrogen-bond acceptors (Lipinski definition) is 2. The molecule has 1 aromatic rings. The SMILES string of the molecule is CC(N)CCC1(c2cccc(Cl)c2)COC1. The van der Waals surface area contributed by atoms with Gasteiger partial charge in [-0.1, -0.05) is 23.7 Å². The molecule has 88 valence electrons. The number of benzene rings is 1. The minimum absolute atomic E-state index is 0.151. The molecule has 2 N–H and O–H groups in total. The molecule has 0 amide bonds. The van der Waals surface area contributed by atoms with Gasteiger partial charge in [0.05, 0.1) is 13.2 Å². The molecule has 1 aromatic carbocycles. The number of rotatable bonds is 4. The Kier molecular flexibility index (Phi) is 3.53. The zero-order chi connectivity index (χ0) is 11.6. The average molecular weight is 240 g/mol. The van der Waals surface area contributed by atoms with Crippen LogP contribution in [-0.4, -0.2) is 19.3 Å². The lowest BCUT2D eigenvalue weighted by Crippen LogP contribution is -2.47. The summed E-state index contributed by atoms with van der Waals surface area (Å²) in [5.74, 6) is 0. The Morgan fingerprint density at radius 3 is 2.75 bits per heavy atom. The van der Waals surface area contributed by atoms with E-state index in [1.807, 2.05) is 25.1 Å². The van der Waals surface area contributed by atoms with E-state index in [4.69, 9.17) is 22.1 Å². The highest BCUT2D eigenvalue weighted by molar-refractivity contribution is 6.30. The van der Waals surface area contributed by atoms with Gasteiger partial charge in [-0.15, -0.1) is 0 Å². The van der Waals surface area contributed by atoms with Crippen LogP contribution in [0.2, 0.25) is 5.02 Å². The second-order valence-corrected chi connectivity index (χ2v) is 5.24. The van der Waals surface area contributed by atoms with E-state index in [1.54, 1.807) is 0 Å². The van der Waals surface area contributed by atoms with Crippen LogP contribution in [0.3, 0.4) is 0 Å². The van der Waals surface area contributed by atoms with E-state index in [-0.39, 0.29) is 11.5 Å². The van der Waals surface area contributed by atoms with Crippen molar-refractivity contribution in [3.8, 4) is 0 Å². The lowest BCUT2D eigenvalue weighted by molar-refractivity contribution is -0.0656. The third-order valence-corrected chi connectivity index (χ3v) is 3.51. The van der Waals surface area contributed by atoms with Crippen molar-refractivity contribution in [1.29, 1.82) is 0 Å². The van der Waals surface area contributed by atoms with E-state index in [0.29, 0.717) is 0 Å². The molecule has 2 rings (SSSR count). The fourth-order valence-corrected chi connectivity index (χ4v) is 2.32. The van der Waals surface area contributed by atoms with Gasteiger partial charge in [0.1, 0.15) is 0 Å². The van der Waals surface area contributed by atoms with E-state index in [2.05, 4.69) is 6.07 Å². The quantitative estimate of drug-likeness (QED) is 0.877. The van der Waals surface area contributed by atoms with E-state index in [0.717, 1.165) is 31.1 Å². The zero-order valence-corrected chi connectivity index (χ0v) is 10.3. The van der Waals surface area contributed by atoms with Gasteiger partial charge in [0.2, 0.25) is 0 Å². The molecule has 16 heavy (non-hydrogen) atoms. The summed E-state index contributed by atoms with van der Waals surface area (Å²) in [6, 6.07) is 8.34. The van der Waals surface area contributed by atoms with Gasteiger partial charge < -0.3 is 10.5 Å². The molecule has 1 unspecified atom stereocenters. The van der Waals surface area contributed by atoms with E-state index >= 15 is 0 Å². The van der Waals surface area contributed by atoms with Crippen molar-refractivity contribution in [2.24, 2.45) is 5.73 Å². The first-order chi connectivity index (χ1) is 7.62. The number of nitrogens with two attached hydrogens (primary N) is 1. The second kappa shape index (κ2) is 4.74. The summed E-state index contributed by atoms with van der Waals surface area (Å²) in [6.07, 6.45) is 2.10. The van der Waals surface area contributed by atoms with Crippen molar-refractivity contribution >= 4 is 11.6 Å². The molecular formula is C13H18ClNO. The van der Waals surface area contributed by atoms with Crippen LogP contribution in [0.5, 0.6) is 0 Å². The van der Waals surface area contributed by atoms with Crippen LogP contribution in [0.15, 0.2) is 24.3 Å². The molecule has 1 heterocycles. The monoisotopic (exact) mass is 239 g/mol. The highest BCUT2D eigenvalue weighted by atomic mass is 35.5. The van der Waals surface area contributed by atoms with E-state index < -0.39 is 0 Å². The van der Waals surface area contributed by atoms with Crippen molar-refractivity contribution in [3.05, 3.63) is 34.9 Å². The van der Waals surface area contributed by atoms with Crippen molar-refractivity contribution in [1.82, 2.24) is 0 Å². The molecule has 2 nitrogen and oxygen atoms in total. The van der Waals surface area contributed by atoms with Crippen LogP contribution in [0.1, 0.15) is 25.3 Å². The summed E-state index contributed by atoms with van der Waals surface area (Å²) < 4.78 is 5.38. The zero-order valence-electron chi connectivity index (χ0n) is 9.58. The first-order valence-electron chi connectivity index (χ1n) is 5.72. The Labute approximate surface area is 102 Å². The van der Waals surface area contributed by atoms with Gasteiger partial charge in [-0.3, -0.25) is 0 Å². The molecule has 1 aliphatic heterocycles. The van der Waals surface area contributed by atoms with Crippen LogP contribution in [0.4, 0.5) is 0 Å². The lowest BCUT2D eigenvalue weighted by atomic mass is 9.74. The smallest absolute Gasteiger partial charge is 0.0585 e. The van der Waals surface area contributed by atoms with Gasteiger partial charge in [-0.2, -0.15) is 0 Å². The number of halogens is 1. The molecule has 0 aliphatic carbocycles. The molecule has 1 atom stereocenters. The summed E-state index contributed by atoms with van der Waals surface area (Å²) in [7, 11) is 0. The standard InChI is InChI=1S/C13H18ClNO/c1-10(15)5-6-13(8-16-9-13)11-3-2-4-12(14)7-11/h2-4,7,10H,5-6,8-9,15H2,1H3. The second-order valence-electron chi connectivity index (χ2n) is 4.80. The largest absolute Gasteiger partial charge is 0.379 e. The molecular weight excluding hydrogens is 222 g/mol. The Morgan fingerprint density at radius 1 is 1.50 bits per heavy atom. The van der Waals surface area contributed by atoms with Crippen LogP contribution >= 0.6 is 11.6 Å². The highest BCUT2D eigenvalue weighted by Crippen LogP contribution is 2.37. The maximum Gasteiger partial charge on any atom is 0.0585 e. The third kappa shape index (κ3) is 2.40. The average Bonchev–Trinajstić information content (AvgIpc) is 2.15. The first-order valence-corrected chi connectivity index (χ1v) is 6.10. The predicted molar refractivity (Wildman–Crippen MR) is 66.8 cm³/mol. The van der Waals surface area contributed by atoms with Crippen LogP contribution in [0, 0.1) is 0 Å². The summed E-state index contributed by atoms with van der Waals surface area (Å²) in [6.45, 7) is 3.63. The van der Waals surface area contributed by atoms with Crippen LogP contribution < -0.4 is 5.73 Å². The first kappa shape index (κ1) is 11.9. The van der Waals surface area contributed by atoms with Gasteiger partial charge in [-0.05, 0) is 37.5 Å². The minimum Gasteiger partial charge on any atom is -0.379 e. The van der Waals surface area contributed by atoms with Gasteiger partial charge in [0.15, 0.2) is 0 Å². The predicted octanol–water partition coefficient (Wildman–Crippen LogP) is 2.74. The van der Waals surface area contributed by atoms with Crippen molar-refractivity contribution in [2.75, 3.05) is 13.2 Å². The van der Waals surface area contributed by atoms with Crippen molar-refractivity contribution in [2.45, 2.75) is 31.2 Å². The maximum atomic E-state index is 6.03. The molecule has 0 spiro atoms. The molecule has 3 heteroatoms. The fourth-order valence-electron chi connectivity index (χ4n) is 2.13. The van der Waals surface area contributed by atoms with Crippen LogP contribution in [0.25, 0.3) is 0 Å². The van der Waals surface area contributed by atoms with Gasteiger partial charge in [-0.25, -0.2) is 0 Å². The Morgan fingerprint density at radius 2 is 2.25 bits per heavy atom. The molecule has 1 aliphatic rings. The van der Waals surface area contributed by atoms with E-state index in [1.165, 1.54) is 5.56 Å². The molecule has 0 saturated carbocycles.